The summed E-state index contributed by atoms with van der Waals surface area (Å²) in [6.45, 7) is 2.62. The third kappa shape index (κ3) is 6.06. The van der Waals surface area contributed by atoms with Crippen LogP contribution >= 0.6 is 11.6 Å². The maximum absolute atomic E-state index is 5.98. The van der Waals surface area contributed by atoms with Gasteiger partial charge in [-0.2, -0.15) is 0 Å². The zero-order chi connectivity index (χ0) is 18.0. The van der Waals surface area contributed by atoms with Crippen molar-refractivity contribution in [3.05, 3.63) is 89.1 Å². The monoisotopic (exact) mass is 368 g/mol. The van der Waals surface area contributed by atoms with Crippen LogP contribution in [0.4, 0.5) is 0 Å². The van der Waals surface area contributed by atoms with E-state index in [9.17, 15) is 0 Å². The SMILES string of the molecule is Clc1cccc(COc2ccc(CNCCOc3ccccn3)cc2)c1. The lowest BCUT2D eigenvalue weighted by Gasteiger charge is -2.09. The summed E-state index contributed by atoms with van der Waals surface area (Å²) in [5.41, 5.74) is 2.24. The van der Waals surface area contributed by atoms with Gasteiger partial charge in [0.1, 0.15) is 19.0 Å². The molecule has 1 aromatic heterocycles. The topological polar surface area (TPSA) is 43.4 Å². The minimum Gasteiger partial charge on any atom is -0.489 e. The number of rotatable bonds is 9. The van der Waals surface area contributed by atoms with Gasteiger partial charge >= 0.3 is 0 Å². The van der Waals surface area contributed by atoms with E-state index >= 15 is 0 Å². The fourth-order valence-electron chi connectivity index (χ4n) is 2.39. The van der Waals surface area contributed by atoms with Crippen molar-refractivity contribution >= 4 is 11.6 Å². The molecule has 1 N–H and O–H groups in total. The lowest BCUT2D eigenvalue weighted by Crippen LogP contribution is -2.20. The second-order valence-electron chi connectivity index (χ2n) is 5.76. The van der Waals surface area contributed by atoms with Crippen molar-refractivity contribution in [1.29, 1.82) is 0 Å². The van der Waals surface area contributed by atoms with Gasteiger partial charge in [0.2, 0.25) is 5.88 Å². The lowest BCUT2D eigenvalue weighted by atomic mass is 10.2. The van der Waals surface area contributed by atoms with E-state index in [4.69, 9.17) is 21.1 Å². The van der Waals surface area contributed by atoms with Gasteiger partial charge in [-0.15, -0.1) is 0 Å². The number of hydrogen-bond acceptors (Lipinski definition) is 4. The number of ether oxygens (including phenoxy) is 2. The molecular formula is C21H21ClN2O2. The van der Waals surface area contributed by atoms with Gasteiger partial charge < -0.3 is 14.8 Å². The molecule has 3 aromatic rings. The second kappa shape index (κ2) is 9.80. The molecule has 4 nitrogen and oxygen atoms in total. The van der Waals surface area contributed by atoms with Crippen molar-refractivity contribution in [1.82, 2.24) is 10.3 Å². The Morgan fingerprint density at radius 3 is 2.54 bits per heavy atom. The molecule has 0 spiro atoms. The third-order valence-corrected chi connectivity index (χ3v) is 3.95. The van der Waals surface area contributed by atoms with Gasteiger partial charge in [-0.1, -0.05) is 41.9 Å². The highest BCUT2D eigenvalue weighted by Gasteiger charge is 1.99. The molecule has 5 heteroatoms. The molecule has 0 aliphatic carbocycles. The number of nitrogens with one attached hydrogen (secondary N) is 1. The van der Waals surface area contributed by atoms with Crippen molar-refractivity contribution in [3.63, 3.8) is 0 Å². The molecule has 26 heavy (non-hydrogen) atoms. The first-order valence-electron chi connectivity index (χ1n) is 8.50. The molecule has 0 fully saturated rings. The molecule has 0 saturated heterocycles. The molecule has 0 amide bonds. The Balaban J connectivity index is 1.36. The van der Waals surface area contributed by atoms with Crippen molar-refractivity contribution in [3.8, 4) is 11.6 Å². The van der Waals surface area contributed by atoms with E-state index in [-0.39, 0.29) is 0 Å². The lowest BCUT2D eigenvalue weighted by molar-refractivity contribution is 0.301. The first-order valence-corrected chi connectivity index (χ1v) is 8.88. The maximum atomic E-state index is 5.98. The molecule has 0 radical (unpaired) electrons. The quantitative estimate of drug-likeness (QED) is 0.565. The highest BCUT2D eigenvalue weighted by molar-refractivity contribution is 6.30. The fraction of sp³-hybridized carbons (Fsp3) is 0.190. The van der Waals surface area contributed by atoms with Crippen LogP contribution in [0.1, 0.15) is 11.1 Å². The fourth-order valence-corrected chi connectivity index (χ4v) is 2.60. The molecule has 0 saturated carbocycles. The molecule has 0 aliphatic rings. The summed E-state index contributed by atoms with van der Waals surface area (Å²) in [4.78, 5) is 4.12. The molecule has 0 bridgehead atoms. The third-order valence-electron chi connectivity index (χ3n) is 3.71. The van der Waals surface area contributed by atoms with Gasteiger partial charge in [-0.25, -0.2) is 4.98 Å². The Bertz CT molecular complexity index is 795. The minimum absolute atomic E-state index is 0.503. The highest BCUT2D eigenvalue weighted by atomic mass is 35.5. The normalized spacial score (nSPS) is 10.5. The van der Waals surface area contributed by atoms with E-state index in [1.165, 1.54) is 5.56 Å². The van der Waals surface area contributed by atoms with Gasteiger partial charge in [-0.05, 0) is 41.5 Å². The maximum Gasteiger partial charge on any atom is 0.213 e. The standard InChI is InChI=1S/C21H21ClN2O2/c22-19-5-3-4-18(14-19)16-26-20-9-7-17(8-10-20)15-23-12-13-25-21-6-1-2-11-24-21/h1-11,14,23H,12-13,15-16H2. The molecule has 0 atom stereocenters. The Morgan fingerprint density at radius 2 is 1.77 bits per heavy atom. The number of pyridine rings is 1. The molecule has 134 valence electrons. The van der Waals surface area contributed by atoms with Gasteiger partial charge in [0.05, 0.1) is 0 Å². The van der Waals surface area contributed by atoms with E-state index in [0.29, 0.717) is 19.1 Å². The Kier molecular flexibility index (Phi) is 6.88. The Labute approximate surface area is 158 Å². The van der Waals surface area contributed by atoms with Crippen molar-refractivity contribution in [2.24, 2.45) is 0 Å². The van der Waals surface area contributed by atoms with E-state index in [1.807, 2.05) is 54.6 Å². The summed E-state index contributed by atoms with van der Waals surface area (Å²) >= 11 is 5.98. The average molecular weight is 369 g/mol. The number of nitrogens with zero attached hydrogens (tertiary/aromatic N) is 1. The van der Waals surface area contributed by atoms with E-state index in [1.54, 1.807) is 6.20 Å². The molecule has 2 aromatic carbocycles. The smallest absolute Gasteiger partial charge is 0.213 e. The summed E-state index contributed by atoms with van der Waals surface area (Å²) in [6.07, 6.45) is 1.72. The first kappa shape index (κ1) is 18.2. The van der Waals surface area contributed by atoms with Crippen LogP contribution in [0.2, 0.25) is 5.02 Å². The van der Waals surface area contributed by atoms with Crippen molar-refractivity contribution in [2.75, 3.05) is 13.2 Å². The molecule has 3 rings (SSSR count). The van der Waals surface area contributed by atoms with Gasteiger partial charge in [0.25, 0.3) is 0 Å². The van der Waals surface area contributed by atoms with Crippen molar-refractivity contribution < 1.29 is 9.47 Å². The van der Waals surface area contributed by atoms with Crippen LogP contribution < -0.4 is 14.8 Å². The summed E-state index contributed by atoms with van der Waals surface area (Å²) in [5.74, 6) is 1.49. The molecular weight excluding hydrogens is 348 g/mol. The van der Waals surface area contributed by atoms with Crippen LogP contribution in [0, 0.1) is 0 Å². The van der Waals surface area contributed by atoms with Crippen molar-refractivity contribution in [2.45, 2.75) is 13.2 Å². The van der Waals surface area contributed by atoms with Crippen LogP contribution in [0.5, 0.6) is 11.6 Å². The van der Waals surface area contributed by atoms with Gasteiger partial charge in [-0.3, -0.25) is 0 Å². The molecule has 1 heterocycles. The number of aromatic nitrogens is 1. The number of benzene rings is 2. The first-order chi connectivity index (χ1) is 12.8. The van der Waals surface area contributed by atoms with Crippen LogP contribution in [-0.4, -0.2) is 18.1 Å². The summed E-state index contributed by atoms with van der Waals surface area (Å²) in [6, 6.07) is 21.4. The second-order valence-corrected chi connectivity index (χ2v) is 6.19. The Hall–Kier alpha value is -2.56. The van der Waals surface area contributed by atoms with Crippen LogP contribution in [-0.2, 0) is 13.2 Å². The van der Waals surface area contributed by atoms with Crippen LogP contribution in [0.15, 0.2) is 72.9 Å². The van der Waals surface area contributed by atoms with Crippen LogP contribution in [0.3, 0.4) is 0 Å². The average Bonchev–Trinajstić information content (AvgIpc) is 2.68. The zero-order valence-corrected chi connectivity index (χ0v) is 15.2. The van der Waals surface area contributed by atoms with Crippen LogP contribution in [0.25, 0.3) is 0 Å². The summed E-state index contributed by atoms with van der Waals surface area (Å²) in [7, 11) is 0. The Morgan fingerprint density at radius 1 is 0.885 bits per heavy atom. The summed E-state index contributed by atoms with van der Waals surface area (Å²) < 4.78 is 11.3. The summed E-state index contributed by atoms with van der Waals surface area (Å²) in [5, 5.41) is 4.07. The predicted octanol–water partition coefficient (Wildman–Crippen LogP) is 4.48. The van der Waals surface area contributed by atoms with E-state index < -0.39 is 0 Å². The van der Waals surface area contributed by atoms with E-state index in [0.717, 1.165) is 29.4 Å². The zero-order valence-electron chi connectivity index (χ0n) is 14.4. The van der Waals surface area contributed by atoms with Gasteiger partial charge in [0, 0.05) is 30.4 Å². The molecule has 0 aliphatic heterocycles. The number of halogens is 1. The largest absolute Gasteiger partial charge is 0.489 e. The van der Waals surface area contributed by atoms with E-state index in [2.05, 4.69) is 22.4 Å². The predicted molar refractivity (Wildman–Crippen MR) is 104 cm³/mol. The highest BCUT2D eigenvalue weighted by Crippen LogP contribution is 2.16. The molecule has 0 unspecified atom stereocenters. The number of hydrogen-bond donors (Lipinski definition) is 1. The van der Waals surface area contributed by atoms with Gasteiger partial charge in [0.15, 0.2) is 0 Å². The minimum atomic E-state index is 0.503.